The third kappa shape index (κ3) is 3.93. The molecule has 22 heavy (non-hydrogen) atoms. The summed E-state index contributed by atoms with van der Waals surface area (Å²) in [5.41, 5.74) is 2.84. The van der Waals surface area contributed by atoms with E-state index in [0.29, 0.717) is 5.41 Å². The van der Waals surface area contributed by atoms with Gasteiger partial charge in [-0.15, -0.1) is 0 Å². The predicted molar refractivity (Wildman–Crippen MR) is 92.5 cm³/mol. The molecule has 0 amide bonds. The van der Waals surface area contributed by atoms with E-state index >= 15 is 0 Å². The molecule has 1 fully saturated rings. The summed E-state index contributed by atoms with van der Waals surface area (Å²) in [5.74, 6) is 1.81. The van der Waals surface area contributed by atoms with E-state index in [1.54, 1.807) is 7.11 Å². The molecule has 0 heterocycles. The maximum absolute atomic E-state index is 5.37. The predicted octanol–water partition coefficient (Wildman–Crippen LogP) is 3.25. The number of aryl methyl sites for hydroxylation is 1. The largest absolute Gasteiger partial charge is 0.496 e. The Balaban J connectivity index is 1.86. The summed E-state index contributed by atoms with van der Waals surface area (Å²) in [6.07, 6.45) is 5.28. The smallest absolute Gasteiger partial charge is 0.191 e. The number of benzene rings is 1. The molecule has 0 atom stereocenters. The van der Waals surface area contributed by atoms with Crippen molar-refractivity contribution >= 4 is 5.96 Å². The molecular formula is C18H29N3O. The van der Waals surface area contributed by atoms with Crippen LogP contribution in [0.1, 0.15) is 43.7 Å². The Morgan fingerprint density at radius 3 is 2.64 bits per heavy atom. The van der Waals surface area contributed by atoms with Gasteiger partial charge in [0, 0.05) is 20.1 Å². The highest BCUT2D eigenvalue weighted by Gasteiger charge is 2.34. The summed E-state index contributed by atoms with van der Waals surface area (Å²) < 4.78 is 5.37. The quantitative estimate of drug-likeness (QED) is 0.626. The molecule has 1 aromatic carbocycles. The van der Waals surface area contributed by atoms with E-state index in [-0.39, 0.29) is 0 Å². The van der Waals surface area contributed by atoms with Crippen molar-refractivity contribution in [1.29, 1.82) is 0 Å². The number of guanidine groups is 1. The molecule has 0 radical (unpaired) electrons. The molecule has 1 aliphatic rings. The number of methoxy groups -OCH3 is 1. The molecule has 0 bridgehead atoms. The topological polar surface area (TPSA) is 45.7 Å². The highest BCUT2D eigenvalue weighted by atomic mass is 16.5. The van der Waals surface area contributed by atoms with Gasteiger partial charge in [-0.05, 0) is 48.8 Å². The zero-order valence-corrected chi connectivity index (χ0v) is 14.3. The average molecular weight is 303 g/mol. The van der Waals surface area contributed by atoms with Gasteiger partial charge in [-0.1, -0.05) is 25.5 Å². The summed E-state index contributed by atoms with van der Waals surface area (Å²) in [6.45, 7) is 6.10. The van der Waals surface area contributed by atoms with Crippen molar-refractivity contribution in [2.45, 2.75) is 46.1 Å². The van der Waals surface area contributed by atoms with E-state index in [4.69, 9.17) is 4.74 Å². The Hall–Kier alpha value is -1.71. The van der Waals surface area contributed by atoms with Crippen molar-refractivity contribution in [2.75, 3.05) is 20.7 Å². The summed E-state index contributed by atoms with van der Waals surface area (Å²) >= 11 is 0. The summed E-state index contributed by atoms with van der Waals surface area (Å²) in [6, 6.07) is 6.29. The van der Waals surface area contributed by atoms with Crippen molar-refractivity contribution < 1.29 is 4.74 Å². The maximum Gasteiger partial charge on any atom is 0.191 e. The first-order valence-corrected chi connectivity index (χ1v) is 8.20. The fourth-order valence-electron chi connectivity index (χ4n) is 2.98. The lowest BCUT2D eigenvalue weighted by Gasteiger charge is -2.41. The minimum atomic E-state index is 0.491. The molecule has 0 aromatic heterocycles. The lowest BCUT2D eigenvalue weighted by atomic mass is 9.67. The van der Waals surface area contributed by atoms with Gasteiger partial charge in [0.25, 0.3) is 0 Å². The van der Waals surface area contributed by atoms with E-state index in [9.17, 15) is 0 Å². The van der Waals surface area contributed by atoms with Gasteiger partial charge in [0.05, 0.1) is 7.11 Å². The first kappa shape index (κ1) is 16.7. The molecule has 1 aromatic rings. The number of rotatable bonds is 6. The van der Waals surface area contributed by atoms with Crippen molar-refractivity contribution in [3.63, 3.8) is 0 Å². The Bertz CT molecular complexity index is 516. The molecule has 1 saturated carbocycles. The van der Waals surface area contributed by atoms with Crippen LogP contribution in [0.3, 0.4) is 0 Å². The Labute approximate surface area is 134 Å². The second-order valence-electron chi connectivity index (χ2n) is 6.29. The van der Waals surface area contributed by atoms with Crippen LogP contribution in [0.5, 0.6) is 5.75 Å². The van der Waals surface area contributed by atoms with Crippen LogP contribution < -0.4 is 15.4 Å². The molecule has 122 valence electrons. The SMILES string of the molecule is CCC1(CNC(=NC)NCc2ccc(C)c(OC)c2)CCC1. The van der Waals surface area contributed by atoms with Gasteiger partial charge in [-0.25, -0.2) is 0 Å². The molecule has 2 N–H and O–H groups in total. The van der Waals surface area contributed by atoms with E-state index in [0.717, 1.165) is 30.4 Å². The Morgan fingerprint density at radius 2 is 2.09 bits per heavy atom. The third-order valence-corrected chi connectivity index (χ3v) is 4.95. The van der Waals surface area contributed by atoms with Gasteiger partial charge < -0.3 is 15.4 Å². The van der Waals surface area contributed by atoms with Gasteiger partial charge >= 0.3 is 0 Å². The monoisotopic (exact) mass is 303 g/mol. The average Bonchev–Trinajstić information content (AvgIpc) is 2.50. The van der Waals surface area contributed by atoms with E-state index < -0.39 is 0 Å². The summed E-state index contributed by atoms with van der Waals surface area (Å²) in [7, 11) is 3.54. The minimum Gasteiger partial charge on any atom is -0.496 e. The summed E-state index contributed by atoms with van der Waals surface area (Å²) in [4.78, 5) is 4.32. The van der Waals surface area contributed by atoms with Crippen LogP contribution in [0, 0.1) is 12.3 Å². The lowest BCUT2D eigenvalue weighted by molar-refractivity contribution is 0.131. The molecule has 4 heteroatoms. The Morgan fingerprint density at radius 1 is 1.32 bits per heavy atom. The van der Waals surface area contributed by atoms with Crippen LogP contribution in [-0.2, 0) is 6.54 Å². The standard InChI is InChI=1S/C18H29N3O/c1-5-18(9-6-10-18)13-21-17(19-3)20-12-15-8-7-14(2)16(11-15)22-4/h7-8,11H,5-6,9-10,12-13H2,1-4H3,(H2,19,20,21). The van der Waals surface area contributed by atoms with Crippen LogP contribution in [-0.4, -0.2) is 26.7 Å². The highest BCUT2D eigenvalue weighted by Crippen LogP contribution is 2.42. The fourth-order valence-corrected chi connectivity index (χ4v) is 2.98. The number of aliphatic imine (C=N–C) groups is 1. The minimum absolute atomic E-state index is 0.491. The molecule has 4 nitrogen and oxygen atoms in total. The van der Waals surface area contributed by atoms with Crippen LogP contribution in [0.2, 0.25) is 0 Å². The molecule has 0 unspecified atom stereocenters. The van der Waals surface area contributed by atoms with E-state index in [2.05, 4.69) is 47.7 Å². The lowest BCUT2D eigenvalue weighted by Crippen LogP contribution is -2.46. The number of nitrogens with one attached hydrogen (secondary N) is 2. The normalized spacial score (nSPS) is 16.8. The van der Waals surface area contributed by atoms with Gasteiger partial charge in [0.1, 0.15) is 5.75 Å². The van der Waals surface area contributed by atoms with E-state index in [1.165, 1.54) is 31.2 Å². The fraction of sp³-hybridized carbons (Fsp3) is 0.611. The molecular weight excluding hydrogens is 274 g/mol. The first-order valence-electron chi connectivity index (χ1n) is 8.20. The van der Waals surface area contributed by atoms with Gasteiger partial charge in [-0.3, -0.25) is 4.99 Å². The number of nitrogens with zero attached hydrogens (tertiary/aromatic N) is 1. The maximum atomic E-state index is 5.37. The molecule has 0 saturated heterocycles. The number of hydrogen-bond donors (Lipinski definition) is 2. The number of hydrogen-bond acceptors (Lipinski definition) is 2. The van der Waals surface area contributed by atoms with Crippen LogP contribution in [0.4, 0.5) is 0 Å². The van der Waals surface area contributed by atoms with Crippen LogP contribution >= 0.6 is 0 Å². The van der Waals surface area contributed by atoms with Gasteiger partial charge in [0.2, 0.25) is 0 Å². The molecule has 0 aliphatic heterocycles. The zero-order chi connectivity index (χ0) is 16.0. The van der Waals surface area contributed by atoms with Crippen LogP contribution in [0.15, 0.2) is 23.2 Å². The summed E-state index contributed by atoms with van der Waals surface area (Å²) in [5, 5.41) is 6.87. The van der Waals surface area contributed by atoms with E-state index in [1.807, 2.05) is 7.05 Å². The molecule has 2 rings (SSSR count). The van der Waals surface area contributed by atoms with Crippen LogP contribution in [0.25, 0.3) is 0 Å². The number of ether oxygens (including phenoxy) is 1. The van der Waals surface area contributed by atoms with Gasteiger partial charge in [-0.2, -0.15) is 0 Å². The molecule has 0 spiro atoms. The third-order valence-electron chi connectivity index (χ3n) is 4.95. The zero-order valence-electron chi connectivity index (χ0n) is 14.3. The van der Waals surface area contributed by atoms with Crippen molar-refractivity contribution in [3.05, 3.63) is 29.3 Å². The second-order valence-corrected chi connectivity index (χ2v) is 6.29. The van der Waals surface area contributed by atoms with Gasteiger partial charge in [0.15, 0.2) is 5.96 Å². The molecule has 1 aliphatic carbocycles. The Kier molecular flexibility index (Phi) is 5.69. The first-order chi connectivity index (χ1) is 10.6. The van der Waals surface area contributed by atoms with Crippen molar-refractivity contribution in [2.24, 2.45) is 10.4 Å². The second kappa shape index (κ2) is 7.52. The van der Waals surface area contributed by atoms with Crippen molar-refractivity contribution in [1.82, 2.24) is 10.6 Å². The highest BCUT2D eigenvalue weighted by molar-refractivity contribution is 5.79. The van der Waals surface area contributed by atoms with Crippen molar-refractivity contribution in [3.8, 4) is 5.75 Å².